The van der Waals surface area contributed by atoms with Crippen LogP contribution in [0.15, 0.2) is 30.2 Å². The highest BCUT2D eigenvalue weighted by molar-refractivity contribution is 9.13. The third kappa shape index (κ3) is 4.12. The number of likely N-dealkylation sites (N-methyl/N-ethyl adjacent to an activating group) is 1. The molecule has 0 bridgehead atoms. The maximum atomic E-state index is 5.95. The van der Waals surface area contributed by atoms with Crippen molar-refractivity contribution in [1.29, 1.82) is 0 Å². The zero-order chi connectivity index (χ0) is 14.0. The molecule has 0 aliphatic carbocycles. The quantitative estimate of drug-likeness (QED) is 0.624. The molecule has 2 heterocycles. The van der Waals surface area contributed by atoms with Crippen molar-refractivity contribution in [2.75, 3.05) is 13.6 Å². The Balaban J connectivity index is 2.12. The Kier molecular flexibility index (Phi) is 6.08. The molecule has 0 amide bonds. The Hall–Kier alpha value is 0.760. The van der Waals surface area contributed by atoms with Crippen LogP contribution in [-0.4, -0.2) is 18.5 Å². The van der Waals surface area contributed by atoms with E-state index in [2.05, 4.69) is 77.3 Å². The zero-order valence-corrected chi connectivity index (χ0v) is 16.6. The molecule has 2 nitrogen and oxygen atoms in total. The Morgan fingerprint density at radius 1 is 1.32 bits per heavy atom. The van der Waals surface area contributed by atoms with Crippen molar-refractivity contribution in [1.82, 2.24) is 4.90 Å². The fourth-order valence-electron chi connectivity index (χ4n) is 1.83. The maximum Gasteiger partial charge on any atom is 0.0843 e. The van der Waals surface area contributed by atoms with Gasteiger partial charge in [-0.25, -0.2) is 0 Å². The molecule has 2 aromatic heterocycles. The monoisotopic (exact) mass is 486 g/mol. The van der Waals surface area contributed by atoms with E-state index in [1.165, 1.54) is 9.75 Å². The van der Waals surface area contributed by atoms with Crippen molar-refractivity contribution in [3.05, 3.63) is 40.0 Å². The zero-order valence-electron chi connectivity index (χ0n) is 10.2. The molecule has 104 valence electrons. The Morgan fingerprint density at radius 3 is 2.53 bits per heavy atom. The average molecular weight is 489 g/mol. The summed E-state index contributed by atoms with van der Waals surface area (Å²) in [6, 6.07) is 4.55. The standard InChI is InChI=1S/C12H13Br3N2S2/c1-17(5-8-2-7(13)6-18-8)10(4-16)11-3-9(14)12(15)19-11/h2-3,6,10H,4-5,16H2,1H3. The van der Waals surface area contributed by atoms with Gasteiger partial charge in [-0.3, -0.25) is 4.90 Å². The molecule has 0 fully saturated rings. The van der Waals surface area contributed by atoms with E-state index in [1.807, 2.05) is 0 Å². The van der Waals surface area contributed by atoms with Crippen molar-refractivity contribution >= 4 is 70.5 Å². The number of hydrogen-bond acceptors (Lipinski definition) is 4. The molecular formula is C12H13Br3N2S2. The second-order valence-electron chi connectivity index (χ2n) is 4.17. The molecule has 0 saturated carbocycles. The van der Waals surface area contributed by atoms with E-state index in [-0.39, 0.29) is 6.04 Å². The van der Waals surface area contributed by atoms with Gasteiger partial charge in [-0.2, -0.15) is 0 Å². The number of hydrogen-bond donors (Lipinski definition) is 1. The lowest BCUT2D eigenvalue weighted by Gasteiger charge is -2.25. The lowest BCUT2D eigenvalue weighted by molar-refractivity contribution is 0.247. The predicted octanol–water partition coefficient (Wildman–Crippen LogP) is 5.23. The van der Waals surface area contributed by atoms with Gasteiger partial charge in [0.05, 0.1) is 9.83 Å². The van der Waals surface area contributed by atoms with Crippen LogP contribution < -0.4 is 5.73 Å². The minimum absolute atomic E-state index is 0.244. The summed E-state index contributed by atoms with van der Waals surface area (Å²) in [5.41, 5.74) is 5.95. The highest BCUT2D eigenvalue weighted by atomic mass is 79.9. The first-order chi connectivity index (χ1) is 9.01. The summed E-state index contributed by atoms with van der Waals surface area (Å²) >= 11 is 14.1. The van der Waals surface area contributed by atoms with Gasteiger partial charge in [0.25, 0.3) is 0 Å². The van der Waals surface area contributed by atoms with Gasteiger partial charge in [0, 0.05) is 37.2 Å². The van der Waals surface area contributed by atoms with Gasteiger partial charge < -0.3 is 5.73 Å². The van der Waals surface area contributed by atoms with Gasteiger partial charge in [-0.1, -0.05) is 0 Å². The molecule has 1 atom stereocenters. The largest absolute Gasteiger partial charge is 0.329 e. The molecule has 19 heavy (non-hydrogen) atoms. The van der Waals surface area contributed by atoms with Crippen LogP contribution in [0.5, 0.6) is 0 Å². The summed E-state index contributed by atoms with van der Waals surface area (Å²) in [7, 11) is 2.12. The topological polar surface area (TPSA) is 29.3 Å². The first kappa shape index (κ1) is 16.1. The van der Waals surface area contributed by atoms with E-state index in [4.69, 9.17) is 5.73 Å². The second-order valence-corrected chi connectivity index (χ2v) is 9.34. The Bertz CT molecular complexity index is 533. The first-order valence-electron chi connectivity index (χ1n) is 5.59. The molecule has 0 radical (unpaired) electrons. The Morgan fingerprint density at radius 2 is 2.05 bits per heavy atom. The molecule has 1 unspecified atom stereocenters. The van der Waals surface area contributed by atoms with Crippen molar-refractivity contribution < 1.29 is 0 Å². The van der Waals surface area contributed by atoms with Crippen molar-refractivity contribution in [3.63, 3.8) is 0 Å². The summed E-state index contributed by atoms with van der Waals surface area (Å²) in [4.78, 5) is 4.91. The molecule has 0 aliphatic rings. The smallest absolute Gasteiger partial charge is 0.0843 e. The third-order valence-electron chi connectivity index (χ3n) is 2.77. The molecule has 2 rings (SSSR count). The van der Waals surface area contributed by atoms with Gasteiger partial charge in [-0.15, -0.1) is 22.7 Å². The normalized spacial score (nSPS) is 13.2. The van der Waals surface area contributed by atoms with Crippen LogP contribution in [0.1, 0.15) is 15.8 Å². The van der Waals surface area contributed by atoms with Crippen LogP contribution in [-0.2, 0) is 6.54 Å². The second kappa shape index (κ2) is 7.15. The molecule has 2 N–H and O–H groups in total. The van der Waals surface area contributed by atoms with E-state index in [0.717, 1.165) is 19.3 Å². The van der Waals surface area contributed by atoms with Crippen LogP contribution in [0, 0.1) is 0 Å². The summed E-state index contributed by atoms with van der Waals surface area (Å²) in [5.74, 6) is 0. The van der Waals surface area contributed by atoms with Crippen LogP contribution >= 0.6 is 70.5 Å². The predicted molar refractivity (Wildman–Crippen MR) is 95.0 cm³/mol. The highest BCUT2D eigenvalue weighted by Gasteiger charge is 2.19. The minimum atomic E-state index is 0.244. The fraction of sp³-hybridized carbons (Fsp3) is 0.333. The lowest BCUT2D eigenvalue weighted by Crippen LogP contribution is -2.29. The SMILES string of the molecule is CN(Cc1cc(Br)cs1)C(CN)c1cc(Br)c(Br)s1. The summed E-state index contributed by atoms with van der Waals surface area (Å²) in [6.45, 7) is 1.52. The van der Waals surface area contributed by atoms with Gasteiger partial charge >= 0.3 is 0 Å². The van der Waals surface area contributed by atoms with E-state index >= 15 is 0 Å². The third-order valence-corrected chi connectivity index (χ3v) is 7.81. The summed E-state index contributed by atoms with van der Waals surface area (Å²) in [5, 5.41) is 2.11. The van der Waals surface area contributed by atoms with Crippen LogP contribution in [0.2, 0.25) is 0 Å². The molecule has 0 saturated heterocycles. The van der Waals surface area contributed by atoms with Crippen molar-refractivity contribution in [3.8, 4) is 0 Å². The molecule has 0 spiro atoms. The molecule has 0 aliphatic heterocycles. The Labute approximate surface area is 146 Å². The van der Waals surface area contributed by atoms with Crippen LogP contribution in [0.3, 0.4) is 0 Å². The van der Waals surface area contributed by atoms with Gasteiger partial charge in [0.15, 0.2) is 0 Å². The van der Waals surface area contributed by atoms with E-state index < -0.39 is 0 Å². The number of nitrogens with zero attached hydrogens (tertiary/aromatic N) is 1. The first-order valence-corrected chi connectivity index (χ1v) is 9.66. The van der Waals surface area contributed by atoms with Gasteiger partial charge in [0.1, 0.15) is 0 Å². The van der Waals surface area contributed by atoms with Crippen LogP contribution in [0.4, 0.5) is 0 Å². The molecule has 7 heteroatoms. The molecule has 2 aromatic rings. The van der Waals surface area contributed by atoms with Gasteiger partial charge in [0.2, 0.25) is 0 Å². The lowest BCUT2D eigenvalue weighted by atomic mass is 10.2. The van der Waals surface area contributed by atoms with Crippen molar-refractivity contribution in [2.45, 2.75) is 12.6 Å². The van der Waals surface area contributed by atoms with E-state index in [9.17, 15) is 0 Å². The maximum absolute atomic E-state index is 5.95. The fourth-order valence-corrected chi connectivity index (χ4v) is 5.62. The molecular weight excluding hydrogens is 476 g/mol. The average Bonchev–Trinajstić information content (AvgIpc) is 2.88. The number of rotatable bonds is 5. The van der Waals surface area contributed by atoms with Crippen molar-refractivity contribution in [2.24, 2.45) is 5.73 Å². The highest BCUT2D eigenvalue weighted by Crippen LogP contribution is 2.37. The number of thiophene rings is 2. The van der Waals surface area contributed by atoms with E-state index in [0.29, 0.717) is 6.54 Å². The number of nitrogens with two attached hydrogens (primary N) is 1. The number of halogens is 3. The van der Waals surface area contributed by atoms with Gasteiger partial charge in [-0.05, 0) is 67.0 Å². The van der Waals surface area contributed by atoms with E-state index in [1.54, 1.807) is 22.7 Å². The van der Waals surface area contributed by atoms with Crippen LogP contribution in [0.25, 0.3) is 0 Å². The molecule has 0 aromatic carbocycles. The summed E-state index contributed by atoms with van der Waals surface area (Å²) in [6.07, 6.45) is 0. The summed E-state index contributed by atoms with van der Waals surface area (Å²) < 4.78 is 3.36. The minimum Gasteiger partial charge on any atom is -0.329 e.